The average Bonchev–Trinajstić information content (AvgIpc) is 3.19. The molecule has 0 bridgehead atoms. The number of piperidine rings is 1. The summed E-state index contributed by atoms with van der Waals surface area (Å²) in [5, 5.41) is 2.49. The Hall–Kier alpha value is -2.43. The van der Waals surface area contributed by atoms with Crippen LogP contribution in [0.5, 0.6) is 0 Å². The number of nitrogens with zero attached hydrogens (tertiary/aromatic N) is 1. The summed E-state index contributed by atoms with van der Waals surface area (Å²) in [6, 6.07) is 21.5. The van der Waals surface area contributed by atoms with E-state index in [1.165, 1.54) is 34.5 Å². The van der Waals surface area contributed by atoms with Crippen LogP contribution in [0.3, 0.4) is 0 Å². The van der Waals surface area contributed by atoms with Crippen LogP contribution in [0.4, 0.5) is 0 Å². The van der Waals surface area contributed by atoms with Crippen LogP contribution in [0, 0.1) is 11.3 Å². The van der Waals surface area contributed by atoms with E-state index in [9.17, 15) is 4.79 Å². The van der Waals surface area contributed by atoms with Gasteiger partial charge in [-0.25, -0.2) is 0 Å². The Morgan fingerprint density at radius 3 is 2.23 bits per heavy atom. The monoisotopic (exact) mass is 485 g/mol. The Bertz CT molecular complexity index is 1080. The van der Waals surface area contributed by atoms with Crippen LogP contribution in [0.2, 0.25) is 5.04 Å². The lowest BCUT2D eigenvalue weighted by Gasteiger charge is -2.50. The number of allylic oxidation sites excluding steroid dienone is 2. The molecule has 4 heteroatoms. The lowest BCUT2D eigenvalue weighted by molar-refractivity contribution is -0.134. The molecule has 0 radical (unpaired) electrons. The van der Waals surface area contributed by atoms with Crippen molar-refractivity contribution in [2.24, 2.45) is 11.3 Å². The highest BCUT2D eigenvalue weighted by Gasteiger charge is 2.54. The molecule has 2 aliphatic carbocycles. The molecule has 1 heterocycles. The molecule has 2 atom stereocenters. The van der Waals surface area contributed by atoms with E-state index in [0.717, 1.165) is 19.3 Å². The summed E-state index contributed by atoms with van der Waals surface area (Å²) >= 11 is 0. The van der Waals surface area contributed by atoms with Gasteiger partial charge in [0.05, 0.1) is 6.61 Å². The molecule has 1 aliphatic heterocycles. The summed E-state index contributed by atoms with van der Waals surface area (Å²) in [4.78, 5) is 15.3. The molecule has 5 rings (SSSR count). The second-order valence-electron chi connectivity index (χ2n) is 11.5. The van der Waals surface area contributed by atoms with Crippen molar-refractivity contribution in [2.45, 2.75) is 64.3 Å². The van der Waals surface area contributed by atoms with Gasteiger partial charge in [0.1, 0.15) is 0 Å². The molecule has 3 nitrogen and oxygen atoms in total. The predicted octanol–water partition coefficient (Wildman–Crippen LogP) is 5.82. The number of hydrogen-bond donors (Lipinski definition) is 0. The second-order valence-corrected chi connectivity index (χ2v) is 15.8. The molecule has 1 spiro atoms. The maximum atomic E-state index is 13.2. The Balaban J connectivity index is 1.47. The van der Waals surface area contributed by atoms with E-state index >= 15 is 0 Å². The molecule has 35 heavy (non-hydrogen) atoms. The third-order valence-electron chi connectivity index (χ3n) is 8.81. The van der Waals surface area contributed by atoms with E-state index in [-0.39, 0.29) is 16.4 Å². The summed E-state index contributed by atoms with van der Waals surface area (Å²) in [7, 11) is -2.62. The van der Waals surface area contributed by atoms with Gasteiger partial charge < -0.3 is 9.33 Å². The number of rotatable bonds is 6. The largest absolute Gasteiger partial charge is 0.406 e. The van der Waals surface area contributed by atoms with E-state index in [4.69, 9.17) is 4.43 Å². The standard InChI is InChI=1S/C31H39NO2Si/c1-24-18-19-25-12-11-17-28-31(24,25)21-20-29(33)32(28)22-23-34-35(30(2,3)4,26-13-7-5-8-14-26)27-15-9-6-10-16-27/h5-10,13-17,25H,1,11-12,18-23H2,2-4H3/t25-,31+/m1/s1. The molecule has 2 fully saturated rings. The molecule has 0 N–H and O–H groups in total. The normalized spacial score (nSPS) is 24.7. The van der Waals surface area contributed by atoms with Crippen LogP contribution in [0.1, 0.15) is 59.3 Å². The van der Waals surface area contributed by atoms with Gasteiger partial charge in [-0.2, -0.15) is 0 Å². The molecule has 0 unspecified atom stereocenters. The summed E-state index contributed by atoms with van der Waals surface area (Å²) < 4.78 is 7.13. The van der Waals surface area contributed by atoms with Crippen molar-refractivity contribution < 1.29 is 9.22 Å². The number of benzene rings is 2. The van der Waals surface area contributed by atoms with E-state index < -0.39 is 8.32 Å². The van der Waals surface area contributed by atoms with Crippen molar-refractivity contribution >= 4 is 24.6 Å². The highest BCUT2D eigenvalue weighted by molar-refractivity contribution is 6.99. The summed E-state index contributed by atoms with van der Waals surface area (Å²) in [6.45, 7) is 12.5. The minimum absolute atomic E-state index is 0.0174. The van der Waals surface area contributed by atoms with Crippen LogP contribution < -0.4 is 10.4 Å². The fourth-order valence-electron chi connectivity index (χ4n) is 7.22. The summed E-state index contributed by atoms with van der Waals surface area (Å²) in [5.74, 6) is 0.886. The number of carbonyl (C=O) groups is 1. The highest BCUT2D eigenvalue weighted by Crippen LogP contribution is 2.60. The lowest BCUT2D eigenvalue weighted by Crippen LogP contribution is -2.67. The van der Waals surface area contributed by atoms with E-state index in [2.05, 4.69) is 99.0 Å². The zero-order chi connectivity index (χ0) is 24.7. The Kier molecular flexibility index (Phi) is 6.39. The van der Waals surface area contributed by atoms with Gasteiger partial charge >= 0.3 is 0 Å². The lowest BCUT2D eigenvalue weighted by atomic mass is 9.63. The van der Waals surface area contributed by atoms with Crippen molar-refractivity contribution in [3.63, 3.8) is 0 Å². The van der Waals surface area contributed by atoms with Crippen LogP contribution >= 0.6 is 0 Å². The number of likely N-dealkylation sites (tertiary alicyclic amines) is 1. The van der Waals surface area contributed by atoms with Gasteiger partial charge in [-0.15, -0.1) is 0 Å². The highest BCUT2D eigenvalue weighted by atomic mass is 28.4. The zero-order valence-electron chi connectivity index (χ0n) is 21.6. The minimum Gasteiger partial charge on any atom is -0.406 e. The maximum absolute atomic E-state index is 13.2. The third kappa shape index (κ3) is 3.86. The van der Waals surface area contributed by atoms with Gasteiger partial charge in [0.15, 0.2) is 0 Å². The maximum Gasteiger partial charge on any atom is 0.261 e. The molecule has 1 amide bonds. The van der Waals surface area contributed by atoms with Gasteiger partial charge in [0.2, 0.25) is 5.91 Å². The molecular formula is C31H39NO2Si. The fourth-order valence-corrected chi connectivity index (χ4v) is 11.8. The number of carbonyl (C=O) groups excluding carboxylic acids is 1. The molecular weight excluding hydrogens is 446 g/mol. The first kappa shape index (κ1) is 24.3. The first-order valence-corrected chi connectivity index (χ1v) is 15.2. The van der Waals surface area contributed by atoms with Gasteiger partial charge in [-0.05, 0) is 53.4 Å². The zero-order valence-corrected chi connectivity index (χ0v) is 22.6. The molecule has 3 aliphatic rings. The van der Waals surface area contributed by atoms with E-state index in [0.29, 0.717) is 25.5 Å². The van der Waals surface area contributed by atoms with Crippen molar-refractivity contribution in [1.29, 1.82) is 0 Å². The van der Waals surface area contributed by atoms with Crippen molar-refractivity contribution in [3.05, 3.63) is 84.6 Å². The molecule has 0 aromatic heterocycles. The predicted molar refractivity (Wildman–Crippen MR) is 146 cm³/mol. The smallest absolute Gasteiger partial charge is 0.261 e. The summed E-state index contributed by atoms with van der Waals surface area (Å²) in [5.41, 5.74) is 2.60. The Labute approximate surface area is 212 Å². The van der Waals surface area contributed by atoms with Gasteiger partial charge in [-0.1, -0.05) is 99.7 Å². The van der Waals surface area contributed by atoms with E-state index in [1.807, 2.05) is 0 Å². The quantitative estimate of drug-likeness (QED) is 0.381. The molecule has 1 saturated heterocycles. The van der Waals surface area contributed by atoms with Crippen molar-refractivity contribution in [1.82, 2.24) is 4.90 Å². The first-order chi connectivity index (χ1) is 16.8. The van der Waals surface area contributed by atoms with Crippen molar-refractivity contribution in [3.8, 4) is 0 Å². The first-order valence-electron chi connectivity index (χ1n) is 13.2. The van der Waals surface area contributed by atoms with Gasteiger partial charge in [0, 0.05) is 24.1 Å². The molecule has 184 valence electrons. The van der Waals surface area contributed by atoms with Crippen LogP contribution in [-0.2, 0) is 9.22 Å². The van der Waals surface area contributed by atoms with Crippen molar-refractivity contribution in [2.75, 3.05) is 13.2 Å². The van der Waals surface area contributed by atoms with Crippen LogP contribution in [0.15, 0.2) is 84.6 Å². The molecule has 2 aromatic carbocycles. The number of amides is 1. The number of hydrogen-bond acceptors (Lipinski definition) is 2. The average molecular weight is 486 g/mol. The van der Waals surface area contributed by atoms with Gasteiger partial charge in [0.25, 0.3) is 8.32 Å². The Morgan fingerprint density at radius 1 is 1.00 bits per heavy atom. The van der Waals surface area contributed by atoms with Crippen LogP contribution in [0.25, 0.3) is 0 Å². The summed E-state index contributed by atoms with van der Waals surface area (Å²) in [6.07, 6.45) is 8.50. The van der Waals surface area contributed by atoms with E-state index in [1.54, 1.807) is 0 Å². The molecule has 2 aromatic rings. The fraction of sp³-hybridized carbons (Fsp3) is 0.452. The molecule has 1 saturated carbocycles. The SMILES string of the molecule is C=C1CC[C@H]2CCC=C3N(CCO[Si](c4ccccc4)(c4ccccc4)C(C)(C)C)C(=O)CC[C@@]132. The second kappa shape index (κ2) is 9.22. The van der Waals surface area contributed by atoms with Gasteiger partial charge in [-0.3, -0.25) is 4.79 Å². The Morgan fingerprint density at radius 2 is 1.63 bits per heavy atom. The van der Waals surface area contributed by atoms with Crippen LogP contribution in [-0.4, -0.2) is 32.3 Å². The topological polar surface area (TPSA) is 29.5 Å². The minimum atomic E-state index is -2.62. The third-order valence-corrected chi connectivity index (χ3v) is 13.8.